The van der Waals surface area contributed by atoms with Gasteiger partial charge < -0.3 is 24.8 Å². The van der Waals surface area contributed by atoms with E-state index in [-0.39, 0.29) is 35.6 Å². The van der Waals surface area contributed by atoms with Gasteiger partial charge in [-0.25, -0.2) is 0 Å². The van der Waals surface area contributed by atoms with E-state index in [1.54, 1.807) is 11.1 Å². The van der Waals surface area contributed by atoms with E-state index in [2.05, 4.69) is 148 Å². The molecule has 294 valence electrons. The molecule has 4 aliphatic rings. The van der Waals surface area contributed by atoms with E-state index < -0.39 is 21.3 Å². The van der Waals surface area contributed by atoms with Gasteiger partial charge in [0.25, 0.3) is 0 Å². The Morgan fingerprint density at radius 1 is 0.554 bits per heavy atom. The van der Waals surface area contributed by atoms with Crippen LogP contribution in [-0.4, -0.2) is 3.21 Å². The minimum Gasteiger partial charge on any atom is -1.00 e. The van der Waals surface area contributed by atoms with Crippen LogP contribution in [0, 0.1) is 11.8 Å². The SMILES string of the molecule is CC(C)(C)c1cc2c(cc1-c1ccccc1)[CH]([Zr+2]([C]1=CC=CC1)=[C](CC1CCCCC1)CC1CCCCC1)c1cc(-c3ccccc3)c(C(C)(C)C)cc1-2.[Cl-].[Cl-]. The van der Waals surface area contributed by atoms with Crippen LogP contribution in [0.5, 0.6) is 0 Å². The third kappa shape index (κ3) is 9.12. The van der Waals surface area contributed by atoms with Crippen LogP contribution in [0.2, 0.25) is 0 Å². The van der Waals surface area contributed by atoms with Crippen molar-refractivity contribution in [1.29, 1.82) is 0 Å². The number of allylic oxidation sites excluding steroid dienone is 4. The van der Waals surface area contributed by atoms with Gasteiger partial charge in [-0.15, -0.1) is 0 Å². The molecule has 4 aromatic carbocycles. The van der Waals surface area contributed by atoms with E-state index in [0.29, 0.717) is 3.63 Å². The molecule has 0 amide bonds. The monoisotopic (exact) mass is 860 g/mol. The van der Waals surface area contributed by atoms with Crippen molar-refractivity contribution in [3.63, 3.8) is 0 Å². The van der Waals surface area contributed by atoms with Gasteiger partial charge in [0.2, 0.25) is 0 Å². The molecule has 4 aliphatic carbocycles. The summed E-state index contributed by atoms with van der Waals surface area (Å²) < 4.78 is 4.43. The second kappa shape index (κ2) is 18.3. The normalized spacial score (nSPS) is 17.3. The maximum atomic E-state index is 2.73. The van der Waals surface area contributed by atoms with E-state index in [0.717, 1.165) is 11.8 Å². The second-order valence-corrected chi connectivity index (χ2v) is 26.2. The molecule has 2 saturated carbocycles. The van der Waals surface area contributed by atoms with Gasteiger partial charge in [-0.1, -0.05) is 0 Å². The quantitative estimate of drug-likeness (QED) is 0.166. The van der Waals surface area contributed by atoms with Gasteiger partial charge in [-0.3, -0.25) is 0 Å². The van der Waals surface area contributed by atoms with Gasteiger partial charge in [-0.2, -0.15) is 0 Å². The van der Waals surface area contributed by atoms with Crippen LogP contribution in [-0.2, 0) is 32.1 Å². The van der Waals surface area contributed by atoms with Crippen molar-refractivity contribution < 1.29 is 46.1 Å². The van der Waals surface area contributed by atoms with Crippen LogP contribution in [0.1, 0.15) is 151 Å². The van der Waals surface area contributed by atoms with Gasteiger partial charge >= 0.3 is 338 Å². The number of halogens is 2. The van der Waals surface area contributed by atoms with Crippen LogP contribution >= 0.6 is 0 Å². The summed E-state index contributed by atoms with van der Waals surface area (Å²) in [5, 5.41) is 0. The van der Waals surface area contributed by atoms with Crippen molar-refractivity contribution in [1.82, 2.24) is 0 Å². The van der Waals surface area contributed by atoms with Gasteiger partial charge in [0.05, 0.1) is 0 Å². The molecule has 0 heterocycles. The molecule has 0 spiro atoms. The predicted octanol–water partition coefficient (Wildman–Crippen LogP) is 9.27. The largest absolute Gasteiger partial charge is 1.00 e. The second-order valence-electron chi connectivity index (χ2n) is 19.4. The van der Waals surface area contributed by atoms with Crippen molar-refractivity contribution in [3.8, 4) is 33.4 Å². The molecule has 0 atom stereocenters. The summed E-state index contributed by atoms with van der Waals surface area (Å²) in [7, 11) is 0. The number of rotatable bonds is 8. The minimum atomic E-state index is -2.58. The van der Waals surface area contributed by atoms with Crippen LogP contribution in [0.25, 0.3) is 33.4 Å². The number of hydrogen-bond donors (Lipinski definition) is 0. The molecule has 0 unspecified atom stereocenters. The standard InChI is InChI=1S/C33H33.C15H26.C5H5.2ClH.Zr/c1-32(2,3)30-20-26-24(18-28(30)22-13-9-7-10-14-22)17-25-19-29(23-15-11-8-12-16-23)31(21-27(25)26)33(4,5)6;1-3-8-14(9-4-1)12-7-13-15-10-5-2-6-11-15;1-2-4-5-3-1;;;/h7-21H,1-6H3;14-15H,1-6,8-13H2;1-3H,4H2;2*1H;/q;;;;;+2/p-2. The molecule has 4 aromatic rings. The third-order valence-electron chi connectivity index (χ3n) is 13.4. The van der Waals surface area contributed by atoms with E-state index in [1.165, 1.54) is 128 Å². The van der Waals surface area contributed by atoms with Crippen LogP contribution in [0.15, 0.2) is 106 Å². The predicted molar refractivity (Wildman–Crippen MR) is 231 cm³/mol. The molecule has 0 aromatic heterocycles. The fourth-order valence-corrected chi connectivity index (χ4v) is 20.4. The summed E-state index contributed by atoms with van der Waals surface area (Å²) in [6.45, 7) is 14.5. The Kier molecular flexibility index (Phi) is 14.1. The Bertz CT molecular complexity index is 1930. The molecular formula is C53H64Cl2Zr. The summed E-state index contributed by atoms with van der Waals surface area (Å²) in [4.78, 5) is 0. The molecule has 56 heavy (non-hydrogen) atoms. The minimum absolute atomic E-state index is 0. The summed E-state index contributed by atoms with van der Waals surface area (Å²) in [6.07, 6.45) is 25.9. The first-order valence-electron chi connectivity index (χ1n) is 21.6. The van der Waals surface area contributed by atoms with Crippen molar-refractivity contribution >= 4 is 3.21 Å². The molecule has 2 fully saturated rings. The third-order valence-corrected chi connectivity index (χ3v) is 21.8. The first kappa shape index (κ1) is 43.3. The fourth-order valence-electron chi connectivity index (χ4n) is 10.7. The summed E-state index contributed by atoms with van der Waals surface area (Å²) in [6, 6.07) is 33.5. The van der Waals surface area contributed by atoms with E-state index >= 15 is 0 Å². The van der Waals surface area contributed by atoms with Crippen molar-refractivity contribution in [3.05, 3.63) is 129 Å². The van der Waals surface area contributed by atoms with Crippen LogP contribution in [0.3, 0.4) is 0 Å². The Morgan fingerprint density at radius 3 is 1.36 bits per heavy atom. The zero-order chi connectivity index (χ0) is 37.5. The van der Waals surface area contributed by atoms with Crippen molar-refractivity contribution in [2.45, 2.75) is 139 Å². The summed E-state index contributed by atoms with van der Waals surface area (Å²) >= 11 is -2.58. The summed E-state index contributed by atoms with van der Waals surface area (Å²) in [5.74, 6) is 1.77. The Hall–Kier alpha value is -2.31. The van der Waals surface area contributed by atoms with E-state index in [1.807, 2.05) is 3.28 Å². The molecule has 0 radical (unpaired) electrons. The fraction of sp³-hybridized carbons (Fsp3) is 0.453. The molecule has 0 bridgehead atoms. The first-order valence-corrected chi connectivity index (χ1v) is 25.5. The topological polar surface area (TPSA) is 0 Å². The van der Waals surface area contributed by atoms with Gasteiger partial charge in [0, 0.05) is 0 Å². The average Bonchev–Trinajstić information content (AvgIpc) is 3.81. The smallest absolute Gasteiger partial charge is 1.00 e. The van der Waals surface area contributed by atoms with Crippen LogP contribution in [0.4, 0.5) is 0 Å². The first-order chi connectivity index (χ1) is 26.1. The molecular weight excluding hydrogens is 799 g/mol. The summed E-state index contributed by atoms with van der Waals surface area (Å²) in [5.41, 5.74) is 15.0. The molecule has 8 rings (SSSR count). The van der Waals surface area contributed by atoms with Crippen molar-refractivity contribution in [2.24, 2.45) is 11.8 Å². The Labute approximate surface area is 360 Å². The number of fused-ring (bicyclic) bond motifs is 3. The molecule has 3 heteroatoms. The molecule has 0 nitrogen and oxygen atoms in total. The molecule has 0 saturated heterocycles. The Morgan fingerprint density at radius 2 is 0.982 bits per heavy atom. The maximum absolute atomic E-state index is 2.73. The average molecular weight is 863 g/mol. The molecule has 0 aliphatic heterocycles. The van der Waals surface area contributed by atoms with Gasteiger partial charge in [0.1, 0.15) is 0 Å². The van der Waals surface area contributed by atoms with Crippen LogP contribution < -0.4 is 24.8 Å². The number of benzene rings is 4. The van der Waals surface area contributed by atoms with Gasteiger partial charge in [0.15, 0.2) is 0 Å². The van der Waals surface area contributed by atoms with E-state index in [4.69, 9.17) is 0 Å². The Balaban J connectivity index is 0.00000266. The van der Waals surface area contributed by atoms with Gasteiger partial charge in [-0.05, 0) is 0 Å². The van der Waals surface area contributed by atoms with E-state index in [9.17, 15) is 0 Å². The zero-order valence-electron chi connectivity index (χ0n) is 35.0. The molecule has 0 N–H and O–H groups in total. The maximum Gasteiger partial charge on any atom is -1.00 e. The zero-order valence-corrected chi connectivity index (χ0v) is 39.0. The number of hydrogen-bond acceptors (Lipinski definition) is 0. The van der Waals surface area contributed by atoms with Crippen molar-refractivity contribution in [2.75, 3.05) is 0 Å².